The van der Waals surface area contributed by atoms with Crippen molar-refractivity contribution in [2.24, 2.45) is 0 Å². The molecule has 2 atom stereocenters. The van der Waals surface area contributed by atoms with Crippen LogP contribution in [0.15, 0.2) is 34.9 Å². The molecule has 1 saturated heterocycles. The number of rotatable bonds is 5. The summed E-state index contributed by atoms with van der Waals surface area (Å²) in [4.78, 5) is 20.3. The topological polar surface area (TPSA) is 80.5 Å². The van der Waals surface area contributed by atoms with Gasteiger partial charge in [0.1, 0.15) is 0 Å². The highest BCUT2D eigenvalue weighted by Gasteiger charge is 2.24. The lowest BCUT2D eigenvalue weighted by atomic mass is 10.0. The van der Waals surface area contributed by atoms with Gasteiger partial charge < -0.3 is 14.6 Å². The Balaban J connectivity index is 1.62. The van der Waals surface area contributed by atoms with Gasteiger partial charge in [0.15, 0.2) is 0 Å². The van der Waals surface area contributed by atoms with Crippen LogP contribution < -0.4 is 5.32 Å². The summed E-state index contributed by atoms with van der Waals surface area (Å²) in [7, 11) is 0. The predicted octanol–water partition coefficient (Wildman–Crippen LogP) is 4.52. The number of hydrogen-bond donors (Lipinski definition) is 1. The summed E-state index contributed by atoms with van der Waals surface area (Å²) in [6.07, 6.45) is 0.392. The number of carbonyl (C=O) groups is 1. The Kier molecular flexibility index (Phi) is 6.07. The third-order valence-corrected chi connectivity index (χ3v) is 5.63. The first-order valence-corrected chi connectivity index (χ1v) is 10.9. The Morgan fingerprint density at radius 3 is 2.65 bits per heavy atom. The van der Waals surface area contributed by atoms with Crippen LogP contribution in [-0.4, -0.2) is 46.2 Å². The molecule has 7 heteroatoms. The van der Waals surface area contributed by atoms with E-state index in [-0.39, 0.29) is 24.0 Å². The summed E-state index contributed by atoms with van der Waals surface area (Å²) in [5.74, 6) is -0.0179. The monoisotopic (exact) mass is 422 g/mol. The molecule has 0 radical (unpaired) electrons. The number of carbonyl (C=O) groups excluding carboxylic acids is 1. The number of para-hydroxylation sites is 1. The number of aryl methyl sites for hydroxylation is 1. The molecule has 0 spiro atoms. The Bertz CT molecular complexity index is 1080. The zero-order valence-corrected chi connectivity index (χ0v) is 18.8. The molecule has 2 aromatic heterocycles. The maximum Gasteiger partial charge on any atom is 0.259 e. The van der Waals surface area contributed by atoms with Crippen LogP contribution in [0.5, 0.6) is 0 Å². The van der Waals surface area contributed by atoms with E-state index in [0.717, 1.165) is 36.6 Å². The largest absolute Gasteiger partial charge is 0.373 e. The van der Waals surface area contributed by atoms with Gasteiger partial charge in [-0.3, -0.25) is 9.69 Å². The van der Waals surface area contributed by atoms with Crippen LogP contribution in [0, 0.1) is 6.92 Å². The van der Waals surface area contributed by atoms with Crippen LogP contribution in [0.1, 0.15) is 60.9 Å². The highest BCUT2D eigenvalue weighted by Crippen LogP contribution is 2.27. The number of nitrogens with one attached hydrogen (secondary N) is 1. The third-order valence-electron chi connectivity index (χ3n) is 5.63. The summed E-state index contributed by atoms with van der Waals surface area (Å²) in [6.45, 7) is 12.6. The van der Waals surface area contributed by atoms with Crippen molar-refractivity contribution in [2.45, 2.75) is 59.3 Å². The maximum atomic E-state index is 13.4. The lowest BCUT2D eigenvalue weighted by Crippen LogP contribution is -2.44. The molecule has 3 heterocycles. The fraction of sp³-hybridized carbons (Fsp3) is 0.458. The van der Waals surface area contributed by atoms with Gasteiger partial charge in [-0.05, 0) is 44.4 Å². The van der Waals surface area contributed by atoms with E-state index in [1.165, 1.54) is 0 Å². The summed E-state index contributed by atoms with van der Waals surface area (Å²) in [6, 6.07) is 9.80. The molecule has 0 saturated carbocycles. The minimum Gasteiger partial charge on any atom is -0.373 e. The summed E-state index contributed by atoms with van der Waals surface area (Å²) in [5.41, 5.74) is 4.29. The molecule has 164 valence electrons. The van der Waals surface area contributed by atoms with Crippen LogP contribution in [0.25, 0.3) is 11.1 Å². The van der Waals surface area contributed by atoms with Gasteiger partial charge in [-0.25, -0.2) is 4.98 Å². The lowest BCUT2D eigenvalue weighted by Gasteiger charge is -2.35. The number of morpholine rings is 1. The molecule has 1 aliphatic rings. The molecule has 1 aromatic carbocycles. The molecule has 3 aromatic rings. The molecule has 31 heavy (non-hydrogen) atoms. The van der Waals surface area contributed by atoms with Crippen molar-refractivity contribution >= 4 is 22.7 Å². The smallest absolute Gasteiger partial charge is 0.259 e. The third kappa shape index (κ3) is 4.62. The van der Waals surface area contributed by atoms with E-state index < -0.39 is 0 Å². The zero-order chi connectivity index (χ0) is 22.1. The molecule has 1 N–H and O–H groups in total. The van der Waals surface area contributed by atoms with Crippen molar-refractivity contribution in [3.63, 3.8) is 0 Å². The minimum atomic E-state index is -0.184. The number of amides is 1. The lowest BCUT2D eigenvalue weighted by molar-refractivity contribution is -0.0704. The average molecular weight is 423 g/mol. The molecule has 7 nitrogen and oxygen atoms in total. The number of hydrogen-bond acceptors (Lipinski definition) is 6. The van der Waals surface area contributed by atoms with Gasteiger partial charge in [0.25, 0.3) is 11.6 Å². The Hall–Kier alpha value is -2.77. The molecular weight excluding hydrogens is 392 g/mol. The van der Waals surface area contributed by atoms with E-state index >= 15 is 0 Å². The first-order valence-electron chi connectivity index (χ1n) is 10.9. The predicted molar refractivity (Wildman–Crippen MR) is 120 cm³/mol. The van der Waals surface area contributed by atoms with E-state index in [1.54, 1.807) is 0 Å². The molecule has 1 aliphatic heterocycles. The number of aromatic nitrogens is 2. The minimum absolute atomic E-state index is 0.166. The first kappa shape index (κ1) is 21.5. The van der Waals surface area contributed by atoms with E-state index in [9.17, 15) is 4.79 Å². The highest BCUT2D eigenvalue weighted by atomic mass is 16.5. The first-order chi connectivity index (χ1) is 14.8. The number of anilines is 1. The quantitative estimate of drug-likeness (QED) is 0.651. The maximum absolute atomic E-state index is 13.4. The van der Waals surface area contributed by atoms with Crippen molar-refractivity contribution in [3.05, 3.63) is 52.8 Å². The Morgan fingerprint density at radius 1 is 1.23 bits per heavy atom. The summed E-state index contributed by atoms with van der Waals surface area (Å²) >= 11 is 0. The number of pyridine rings is 1. The van der Waals surface area contributed by atoms with Crippen LogP contribution >= 0.6 is 0 Å². The van der Waals surface area contributed by atoms with Gasteiger partial charge in [0, 0.05) is 31.0 Å². The van der Waals surface area contributed by atoms with Crippen LogP contribution in [-0.2, 0) is 11.3 Å². The van der Waals surface area contributed by atoms with E-state index in [2.05, 4.69) is 40.3 Å². The van der Waals surface area contributed by atoms with Crippen molar-refractivity contribution in [1.29, 1.82) is 0 Å². The van der Waals surface area contributed by atoms with Gasteiger partial charge in [0.05, 0.1) is 28.9 Å². The Morgan fingerprint density at radius 2 is 1.94 bits per heavy atom. The van der Waals surface area contributed by atoms with Crippen LogP contribution in [0.3, 0.4) is 0 Å². The molecular formula is C24H30N4O3. The second-order valence-electron chi connectivity index (χ2n) is 8.76. The van der Waals surface area contributed by atoms with Gasteiger partial charge >= 0.3 is 0 Å². The molecule has 2 unspecified atom stereocenters. The molecule has 0 bridgehead atoms. The number of ether oxygens (including phenoxy) is 1. The SMILES string of the molecule is Cc1noc2nc(C(C)C)cc(C(=O)Nc3ccccc3CN3CC(C)OC(C)C3)c12. The molecule has 0 aliphatic carbocycles. The van der Waals surface area contributed by atoms with Crippen LogP contribution in [0.2, 0.25) is 0 Å². The van der Waals surface area contributed by atoms with Gasteiger partial charge in [0.2, 0.25) is 0 Å². The zero-order valence-electron chi connectivity index (χ0n) is 18.8. The van der Waals surface area contributed by atoms with Crippen molar-refractivity contribution < 1.29 is 14.1 Å². The van der Waals surface area contributed by atoms with E-state index in [4.69, 9.17) is 9.26 Å². The van der Waals surface area contributed by atoms with Crippen LogP contribution in [0.4, 0.5) is 5.69 Å². The van der Waals surface area contributed by atoms with Crippen molar-refractivity contribution in [3.8, 4) is 0 Å². The summed E-state index contributed by atoms with van der Waals surface area (Å²) < 4.78 is 11.2. The number of benzene rings is 1. The average Bonchev–Trinajstić information content (AvgIpc) is 3.09. The highest BCUT2D eigenvalue weighted by molar-refractivity contribution is 6.12. The van der Waals surface area contributed by atoms with Crippen molar-refractivity contribution in [1.82, 2.24) is 15.0 Å². The fourth-order valence-electron chi connectivity index (χ4n) is 4.21. The fourth-order valence-corrected chi connectivity index (χ4v) is 4.21. The number of nitrogens with zero attached hydrogens (tertiary/aromatic N) is 3. The second kappa shape index (κ2) is 8.77. The van der Waals surface area contributed by atoms with Gasteiger partial charge in [-0.1, -0.05) is 37.2 Å². The normalized spacial score (nSPS) is 19.8. The number of fused-ring (bicyclic) bond motifs is 1. The van der Waals surface area contributed by atoms with E-state index in [0.29, 0.717) is 22.4 Å². The van der Waals surface area contributed by atoms with Crippen molar-refractivity contribution in [2.75, 3.05) is 18.4 Å². The van der Waals surface area contributed by atoms with Gasteiger partial charge in [-0.2, -0.15) is 0 Å². The Labute approximate surface area is 182 Å². The van der Waals surface area contributed by atoms with Gasteiger partial charge in [-0.15, -0.1) is 0 Å². The van der Waals surface area contributed by atoms with E-state index in [1.807, 2.05) is 45.0 Å². The molecule has 1 amide bonds. The second-order valence-corrected chi connectivity index (χ2v) is 8.76. The standard InChI is InChI=1S/C24H30N4O3/c1-14(2)21-10-19(22-17(5)27-31-24(22)26-21)23(29)25-20-9-7-6-8-18(20)13-28-11-15(3)30-16(4)12-28/h6-10,14-16H,11-13H2,1-5H3,(H,25,29). The molecule has 4 rings (SSSR count). The molecule has 1 fully saturated rings. The summed E-state index contributed by atoms with van der Waals surface area (Å²) in [5, 5.41) is 7.80.